The molecule has 11 nitrogen and oxygen atoms in total. The lowest BCUT2D eigenvalue weighted by Crippen LogP contribution is -2.36. The van der Waals surface area contributed by atoms with Gasteiger partial charge < -0.3 is 4.98 Å². The van der Waals surface area contributed by atoms with Gasteiger partial charge in [-0.3, -0.25) is 9.10 Å². The highest BCUT2D eigenvalue weighted by Crippen LogP contribution is 2.32. The van der Waals surface area contributed by atoms with E-state index in [0.29, 0.717) is 35.6 Å². The maximum atomic E-state index is 13.7. The van der Waals surface area contributed by atoms with E-state index in [9.17, 15) is 18.0 Å². The number of hydrogen-bond donors (Lipinski definition) is 2. The number of H-pyrrole nitrogens is 2. The van der Waals surface area contributed by atoms with Crippen molar-refractivity contribution in [2.24, 2.45) is 0 Å². The molecule has 186 valence electrons. The number of rotatable bonds is 5. The number of aryl methyl sites for hydroxylation is 1. The number of aromatic nitrogens is 6. The van der Waals surface area contributed by atoms with E-state index in [4.69, 9.17) is 0 Å². The second kappa shape index (κ2) is 8.82. The molecule has 1 aliphatic rings. The molecule has 0 unspecified atom stereocenters. The molecule has 0 saturated carbocycles. The lowest BCUT2D eigenvalue weighted by Gasteiger charge is -2.30. The SMILES string of the molecule is O=c1[nH]c2cccc(Cc3nnn[nH]3)c2c(=O)n1-c1cccc(S(=O)(=O)N2CCCc3ccccc32)c1. The first-order chi connectivity index (χ1) is 17.9. The standard InChI is InChI=1S/C25H21N7O4S/c33-24-23-17(14-22-27-29-30-28-22)7-3-11-20(23)26-25(34)32(24)18-9-4-10-19(15-18)37(35,36)31-13-5-8-16-6-1-2-12-21(16)31/h1-4,6-7,9-12,15H,5,8,13-14H2,(H,26,34)(H,27,28,29,30). The third-order valence-corrected chi connectivity index (χ3v) is 8.30. The highest BCUT2D eigenvalue weighted by molar-refractivity contribution is 7.92. The van der Waals surface area contributed by atoms with Gasteiger partial charge in [0.2, 0.25) is 0 Å². The van der Waals surface area contributed by atoms with E-state index < -0.39 is 21.3 Å². The lowest BCUT2D eigenvalue weighted by atomic mass is 10.0. The van der Waals surface area contributed by atoms with Crippen molar-refractivity contribution in [2.45, 2.75) is 24.2 Å². The Hall–Kier alpha value is -4.58. The number of nitrogens with one attached hydrogen (secondary N) is 2. The Balaban J connectivity index is 1.48. The number of para-hydroxylation sites is 1. The fourth-order valence-corrected chi connectivity index (χ4v) is 6.39. The van der Waals surface area contributed by atoms with Crippen molar-refractivity contribution in [3.05, 3.63) is 105 Å². The van der Waals surface area contributed by atoms with Gasteiger partial charge >= 0.3 is 5.69 Å². The fourth-order valence-electron chi connectivity index (χ4n) is 4.81. The Morgan fingerprint density at radius 3 is 2.65 bits per heavy atom. The maximum absolute atomic E-state index is 13.7. The Bertz CT molecular complexity index is 1860. The molecule has 2 N–H and O–H groups in total. The van der Waals surface area contributed by atoms with E-state index in [1.54, 1.807) is 24.3 Å². The minimum Gasteiger partial charge on any atom is -0.306 e. The summed E-state index contributed by atoms with van der Waals surface area (Å²) in [6, 6.07) is 18.4. The van der Waals surface area contributed by atoms with Crippen LogP contribution in [0.2, 0.25) is 0 Å². The van der Waals surface area contributed by atoms with Crippen LogP contribution in [-0.2, 0) is 22.9 Å². The van der Waals surface area contributed by atoms with Crippen LogP contribution in [0.1, 0.15) is 23.4 Å². The molecule has 0 spiro atoms. The molecule has 0 aliphatic carbocycles. The van der Waals surface area contributed by atoms with Crippen LogP contribution in [0.5, 0.6) is 0 Å². The summed E-state index contributed by atoms with van der Waals surface area (Å²) in [5.74, 6) is 0.458. The first-order valence-electron chi connectivity index (χ1n) is 11.6. The van der Waals surface area contributed by atoms with E-state index in [1.165, 1.54) is 28.6 Å². The van der Waals surface area contributed by atoms with Crippen LogP contribution in [0.25, 0.3) is 16.6 Å². The van der Waals surface area contributed by atoms with Crippen molar-refractivity contribution < 1.29 is 8.42 Å². The van der Waals surface area contributed by atoms with Crippen LogP contribution in [0, 0.1) is 0 Å². The van der Waals surface area contributed by atoms with E-state index in [1.807, 2.05) is 18.2 Å². The molecule has 3 heterocycles. The fraction of sp³-hybridized carbons (Fsp3) is 0.160. The highest BCUT2D eigenvalue weighted by Gasteiger charge is 2.29. The molecule has 3 aromatic carbocycles. The van der Waals surface area contributed by atoms with Crippen LogP contribution < -0.4 is 15.6 Å². The summed E-state index contributed by atoms with van der Waals surface area (Å²) in [5, 5.41) is 14.0. The zero-order chi connectivity index (χ0) is 25.6. The van der Waals surface area contributed by atoms with Crippen molar-refractivity contribution in [2.75, 3.05) is 10.8 Å². The number of nitrogens with zero attached hydrogens (tertiary/aromatic N) is 5. The van der Waals surface area contributed by atoms with Crippen molar-refractivity contribution in [1.82, 2.24) is 30.2 Å². The average Bonchev–Trinajstić information content (AvgIpc) is 3.41. The molecule has 0 saturated heterocycles. The molecule has 0 radical (unpaired) electrons. The summed E-state index contributed by atoms with van der Waals surface area (Å²) in [5.41, 5.74) is 1.49. The van der Waals surface area contributed by atoms with Crippen LogP contribution in [-0.4, -0.2) is 45.1 Å². The summed E-state index contributed by atoms with van der Waals surface area (Å²) in [4.78, 5) is 29.4. The van der Waals surface area contributed by atoms with Gasteiger partial charge in [0.25, 0.3) is 15.6 Å². The highest BCUT2D eigenvalue weighted by atomic mass is 32.2. The zero-order valence-corrected chi connectivity index (χ0v) is 20.3. The third kappa shape index (κ3) is 3.91. The largest absolute Gasteiger partial charge is 0.333 e. The zero-order valence-electron chi connectivity index (χ0n) is 19.5. The van der Waals surface area contributed by atoms with Crippen molar-refractivity contribution in [3.8, 4) is 5.69 Å². The van der Waals surface area contributed by atoms with Gasteiger partial charge in [0.15, 0.2) is 5.82 Å². The molecular weight excluding hydrogens is 494 g/mol. The van der Waals surface area contributed by atoms with E-state index in [-0.39, 0.29) is 22.4 Å². The van der Waals surface area contributed by atoms with Crippen LogP contribution in [0.4, 0.5) is 5.69 Å². The molecule has 6 rings (SSSR count). The van der Waals surface area contributed by atoms with E-state index in [0.717, 1.165) is 16.6 Å². The number of anilines is 1. The van der Waals surface area contributed by atoms with Gasteiger partial charge in [0.05, 0.1) is 27.2 Å². The minimum atomic E-state index is -3.94. The van der Waals surface area contributed by atoms with Gasteiger partial charge in [-0.05, 0) is 64.7 Å². The van der Waals surface area contributed by atoms with Crippen LogP contribution >= 0.6 is 0 Å². The molecule has 5 aromatic rings. The summed E-state index contributed by atoms with van der Waals surface area (Å²) < 4.78 is 29.7. The smallest absolute Gasteiger partial charge is 0.306 e. The first-order valence-corrected chi connectivity index (χ1v) is 13.1. The molecule has 12 heteroatoms. The minimum absolute atomic E-state index is 0.00544. The Kier molecular flexibility index (Phi) is 5.45. The summed E-state index contributed by atoms with van der Waals surface area (Å²) >= 11 is 0. The van der Waals surface area contributed by atoms with Gasteiger partial charge in [-0.25, -0.2) is 22.9 Å². The number of aromatic amines is 2. The van der Waals surface area contributed by atoms with Gasteiger partial charge in [-0.1, -0.05) is 36.4 Å². The Morgan fingerprint density at radius 1 is 0.973 bits per heavy atom. The number of tetrazole rings is 1. The first kappa shape index (κ1) is 22.9. The molecule has 0 bridgehead atoms. The van der Waals surface area contributed by atoms with Gasteiger partial charge in [0, 0.05) is 13.0 Å². The molecule has 0 atom stereocenters. The summed E-state index contributed by atoms with van der Waals surface area (Å²) in [6.45, 7) is 0.347. The van der Waals surface area contributed by atoms with Gasteiger partial charge in [-0.15, -0.1) is 5.10 Å². The molecule has 0 fully saturated rings. The monoisotopic (exact) mass is 515 g/mol. The predicted octanol–water partition coefficient (Wildman–Crippen LogP) is 1.92. The maximum Gasteiger partial charge on any atom is 0.333 e. The topological polar surface area (TPSA) is 147 Å². The molecule has 0 amide bonds. The second-order valence-electron chi connectivity index (χ2n) is 8.74. The molecular formula is C25H21N7O4S. The lowest BCUT2D eigenvalue weighted by molar-refractivity contribution is 0.586. The van der Waals surface area contributed by atoms with Crippen LogP contribution in [0.15, 0.2) is 81.2 Å². The normalized spacial score (nSPS) is 13.6. The van der Waals surface area contributed by atoms with Gasteiger partial charge in [0.1, 0.15) is 0 Å². The number of hydrogen-bond acceptors (Lipinski definition) is 7. The van der Waals surface area contributed by atoms with E-state index >= 15 is 0 Å². The van der Waals surface area contributed by atoms with Gasteiger partial charge in [-0.2, -0.15) is 0 Å². The third-order valence-electron chi connectivity index (χ3n) is 6.49. The predicted molar refractivity (Wildman–Crippen MR) is 136 cm³/mol. The van der Waals surface area contributed by atoms with Crippen molar-refractivity contribution >= 4 is 26.6 Å². The number of fused-ring (bicyclic) bond motifs is 2. The molecule has 1 aliphatic heterocycles. The Labute approximate surface area is 210 Å². The molecule has 37 heavy (non-hydrogen) atoms. The summed E-state index contributed by atoms with van der Waals surface area (Å²) in [7, 11) is -3.94. The quantitative estimate of drug-likeness (QED) is 0.363. The average molecular weight is 516 g/mol. The summed E-state index contributed by atoms with van der Waals surface area (Å²) in [6.07, 6.45) is 1.74. The number of benzene rings is 3. The molecule has 2 aromatic heterocycles. The van der Waals surface area contributed by atoms with Crippen molar-refractivity contribution in [1.29, 1.82) is 0 Å². The Morgan fingerprint density at radius 2 is 1.81 bits per heavy atom. The van der Waals surface area contributed by atoms with Crippen molar-refractivity contribution in [3.63, 3.8) is 0 Å². The van der Waals surface area contributed by atoms with Crippen LogP contribution in [0.3, 0.4) is 0 Å². The number of sulfonamides is 1. The van der Waals surface area contributed by atoms with E-state index in [2.05, 4.69) is 25.6 Å². The second-order valence-corrected chi connectivity index (χ2v) is 10.6.